The van der Waals surface area contributed by atoms with Gasteiger partial charge in [0.05, 0.1) is 12.2 Å². The normalized spacial score (nSPS) is 12.5. The van der Waals surface area contributed by atoms with Crippen molar-refractivity contribution >= 4 is 11.7 Å². The fourth-order valence-electron chi connectivity index (χ4n) is 1.96. The quantitative estimate of drug-likeness (QED) is 0.852. The number of carbonyl (C=O) groups is 1. The number of nitrogens with one attached hydrogen (secondary N) is 1. The molecule has 0 aliphatic rings. The number of nitrogen functional groups attached to an aromatic ring is 1. The van der Waals surface area contributed by atoms with Gasteiger partial charge in [0.1, 0.15) is 17.2 Å². The minimum Gasteiger partial charge on any atom is -0.467 e. The van der Waals surface area contributed by atoms with Crippen molar-refractivity contribution in [1.82, 2.24) is 20.3 Å². The molecule has 0 fully saturated rings. The van der Waals surface area contributed by atoms with Gasteiger partial charge in [-0.3, -0.25) is 4.79 Å². The molecule has 1 amide bonds. The molecule has 134 valence electrons. The van der Waals surface area contributed by atoms with Crippen LogP contribution in [0, 0.1) is 6.92 Å². The summed E-state index contributed by atoms with van der Waals surface area (Å²) in [6, 6.07) is 2.95. The molecular weight excluding hydrogens is 339 g/mol. The van der Waals surface area contributed by atoms with Gasteiger partial charge in [-0.25, -0.2) is 15.0 Å². The zero-order chi connectivity index (χ0) is 18.6. The minimum atomic E-state index is -4.48. The van der Waals surface area contributed by atoms with Gasteiger partial charge >= 0.3 is 6.18 Å². The van der Waals surface area contributed by atoms with Crippen LogP contribution in [0.25, 0.3) is 0 Å². The number of nitrogens with zero attached hydrogens (tertiary/aromatic N) is 3. The summed E-state index contributed by atoms with van der Waals surface area (Å²) >= 11 is 0. The Morgan fingerprint density at radius 1 is 1.40 bits per heavy atom. The number of nitrogens with two attached hydrogens (primary N) is 1. The third kappa shape index (κ3) is 5.30. The highest BCUT2D eigenvalue weighted by molar-refractivity contribution is 5.92. The van der Waals surface area contributed by atoms with E-state index in [1.807, 2.05) is 0 Å². The van der Waals surface area contributed by atoms with Crippen molar-refractivity contribution in [3.8, 4) is 5.88 Å². The largest absolute Gasteiger partial charge is 0.467 e. The van der Waals surface area contributed by atoms with Crippen LogP contribution in [0.2, 0.25) is 0 Å². The zero-order valence-electron chi connectivity index (χ0n) is 13.5. The number of aryl methyl sites for hydroxylation is 1. The Kier molecular flexibility index (Phi) is 5.40. The number of ether oxygens (including phenoxy) is 1. The number of aromatic nitrogens is 3. The fourth-order valence-corrected chi connectivity index (χ4v) is 1.96. The molecule has 0 aliphatic heterocycles. The van der Waals surface area contributed by atoms with Crippen molar-refractivity contribution in [3.05, 3.63) is 41.5 Å². The highest BCUT2D eigenvalue weighted by atomic mass is 19.4. The van der Waals surface area contributed by atoms with Crippen LogP contribution in [0.4, 0.5) is 19.0 Å². The van der Waals surface area contributed by atoms with E-state index in [0.29, 0.717) is 5.82 Å². The van der Waals surface area contributed by atoms with E-state index < -0.39 is 18.7 Å². The van der Waals surface area contributed by atoms with Crippen molar-refractivity contribution in [1.29, 1.82) is 0 Å². The second-order valence-corrected chi connectivity index (χ2v) is 5.26. The highest BCUT2D eigenvalue weighted by Crippen LogP contribution is 2.19. The van der Waals surface area contributed by atoms with Crippen LogP contribution in [-0.2, 0) is 0 Å². The van der Waals surface area contributed by atoms with Crippen molar-refractivity contribution in [2.45, 2.75) is 26.1 Å². The molecule has 7 nitrogen and oxygen atoms in total. The molecule has 0 saturated carbocycles. The monoisotopic (exact) mass is 355 g/mol. The maximum absolute atomic E-state index is 12.2. The average molecular weight is 355 g/mol. The summed E-state index contributed by atoms with van der Waals surface area (Å²) in [7, 11) is 0. The average Bonchev–Trinajstić information content (AvgIpc) is 2.52. The number of halogens is 3. The number of amides is 1. The molecule has 0 aromatic carbocycles. The molecule has 1 unspecified atom stereocenters. The van der Waals surface area contributed by atoms with Gasteiger partial charge in [-0.05, 0) is 31.5 Å². The minimum absolute atomic E-state index is 0.0364. The molecule has 10 heteroatoms. The lowest BCUT2D eigenvalue weighted by Crippen LogP contribution is -2.28. The maximum Gasteiger partial charge on any atom is 0.422 e. The first-order valence-electron chi connectivity index (χ1n) is 7.21. The van der Waals surface area contributed by atoms with E-state index in [2.05, 4.69) is 25.0 Å². The van der Waals surface area contributed by atoms with Crippen LogP contribution in [0.15, 0.2) is 24.5 Å². The molecule has 2 aromatic rings. The first-order chi connectivity index (χ1) is 11.7. The Bertz CT molecular complexity index is 767. The Balaban J connectivity index is 2.05. The molecule has 0 bridgehead atoms. The van der Waals surface area contributed by atoms with Crippen LogP contribution >= 0.6 is 0 Å². The SMILES string of the molecule is Cc1nc(C(=O)NC(C)c2ccnc(N)c2)cnc1OCC(F)(F)F. The van der Waals surface area contributed by atoms with Crippen LogP contribution in [0.3, 0.4) is 0 Å². The van der Waals surface area contributed by atoms with Crippen LogP contribution < -0.4 is 15.8 Å². The van der Waals surface area contributed by atoms with E-state index in [1.54, 1.807) is 19.1 Å². The smallest absolute Gasteiger partial charge is 0.422 e. The number of hydrogen-bond donors (Lipinski definition) is 2. The molecule has 0 aliphatic carbocycles. The van der Waals surface area contributed by atoms with E-state index in [1.165, 1.54) is 13.1 Å². The van der Waals surface area contributed by atoms with Crippen molar-refractivity contribution in [2.75, 3.05) is 12.3 Å². The Morgan fingerprint density at radius 3 is 2.72 bits per heavy atom. The van der Waals surface area contributed by atoms with Gasteiger partial charge in [0.25, 0.3) is 5.91 Å². The topological polar surface area (TPSA) is 103 Å². The number of rotatable bonds is 5. The lowest BCUT2D eigenvalue weighted by Gasteiger charge is -2.15. The highest BCUT2D eigenvalue weighted by Gasteiger charge is 2.29. The third-order valence-electron chi connectivity index (χ3n) is 3.16. The number of anilines is 1. The third-order valence-corrected chi connectivity index (χ3v) is 3.16. The van der Waals surface area contributed by atoms with Gasteiger partial charge < -0.3 is 15.8 Å². The summed E-state index contributed by atoms with van der Waals surface area (Å²) < 4.78 is 41.0. The van der Waals surface area contributed by atoms with E-state index in [-0.39, 0.29) is 23.3 Å². The lowest BCUT2D eigenvalue weighted by molar-refractivity contribution is -0.154. The predicted octanol–water partition coefficient (Wildman–Crippen LogP) is 2.19. The summed E-state index contributed by atoms with van der Waals surface area (Å²) in [6.07, 6.45) is -1.91. The zero-order valence-corrected chi connectivity index (χ0v) is 13.5. The van der Waals surface area contributed by atoms with Gasteiger partial charge in [-0.15, -0.1) is 0 Å². The Labute approximate surface area is 141 Å². The number of hydrogen-bond acceptors (Lipinski definition) is 6. The molecular formula is C15H16F3N5O2. The van der Waals surface area contributed by atoms with E-state index in [0.717, 1.165) is 11.8 Å². The van der Waals surface area contributed by atoms with E-state index in [4.69, 9.17) is 5.73 Å². The van der Waals surface area contributed by atoms with Crippen molar-refractivity contribution in [3.63, 3.8) is 0 Å². The second kappa shape index (κ2) is 7.32. The number of pyridine rings is 1. The molecule has 2 aromatic heterocycles. The molecule has 2 rings (SSSR count). The van der Waals surface area contributed by atoms with E-state index in [9.17, 15) is 18.0 Å². The molecule has 1 atom stereocenters. The summed E-state index contributed by atoms with van der Waals surface area (Å²) in [4.78, 5) is 23.7. The Hall–Kier alpha value is -2.91. The van der Waals surface area contributed by atoms with Gasteiger partial charge in [-0.2, -0.15) is 13.2 Å². The van der Waals surface area contributed by atoms with Gasteiger partial charge in [-0.1, -0.05) is 0 Å². The van der Waals surface area contributed by atoms with Gasteiger partial charge in [0.2, 0.25) is 5.88 Å². The number of carbonyl (C=O) groups excluding carboxylic acids is 1. The van der Waals surface area contributed by atoms with E-state index >= 15 is 0 Å². The van der Waals surface area contributed by atoms with Crippen molar-refractivity contribution in [2.24, 2.45) is 0 Å². The fraction of sp³-hybridized carbons (Fsp3) is 0.333. The Morgan fingerprint density at radius 2 is 2.12 bits per heavy atom. The maximum atomic E-state index is 12.2. The molecule has 2 heterocycles. The number of alkyl halides is 3. The summed E-state index contributed by atoms with van der Waals surface area (Å²) in [5.74, 6) is -0.481. The molecule has 0 saturated heterocycles. The molecule has 0 radical (unpaired) electrons. The van der Waals surface area contributed by atoms with Crippen LogP contribution in [-0.4, -0.2) is 33.6 Å². The predicted molar refractivity (Wildman–Crippen MR) is 82.8 cm³/mol. The molecule has 3 N–H and O–H groups in total. The summed E-state index contributed by atoms with van der Waals surface area (Å²) in [5, 5.41) is 2.70. The summed E-state index contributed by atoms with van der Waals surface area (Å²) in [6.45, 7) is 1.67. The molecule has 25 heavy (non-hydrogen) atoms. The molecule has 0 spiro atoms. The lowest BCUT2D eigenvalue weighted by atomic mass is 10.1. The van der Waals surface area contributed by atoms with Gasteiger partial charge in [0.15, 0.2) is 6.61 Å². The van der Waals surface area contributed by atoms with Crippen LogP contribution in [0.5, 0.6) is 5.88 Å². The first-order valence-corrected chi connectivity index (χ1v) is 7.21. The standard InChI is InChI=1S/C15H16F3N5O2/c1-8(10-3-4-20-12(19)5-10)23-13(24)11-6-21-14(9(2)22-11)25-7-15(16,17)18/h3-6,8H,7H2,1-2H3,(H2,19,20)(H,23,24). The van der Waals surface area contributed by atoms with Crippen LogP contribution in [0.1, 0.15) is 34.7 Å². The summed E-state index contributed by atoms with van der Waals surface area (Å²) in [5.41, 5.74) is 6.38. The van der Waals surface area contributed by atoms with Gasteiger partial charge in [0, 0.05) is 6.20 Å². The second-order valence-electron chi connectivity index (χ2n) is 5.26. The first kappa shape index (κ1) is 18.4. The van der Waals surface area contributed by atoms with Crippen molar-refractivity contribution < 1.29 is 22.7 Å².